The second-order valence-electron chi connectivity index (χ2n) is 5.49. The van der Waals surface area contributed by atoms with E-state index in [2.05, 4.69) is 27.0 Å². The van der Waals surface area contributed by atoms with E-state index in [-0.39, 0.29) is 18.5 Å². The van der Waals surface area contributed by atoms with Crippen LogP contribution in [0, 0.1) is 0 Å². The first-order valence-electron chi connectivity index (χ1n) is 7.91. The lowest BCUT2D eigenvalue weighted by atomic mass is 9.97. The molecule has 7 heteroatoms. The van der Waals surface area contributed by atoms with Crippen molar-refractivity contribution < 1.29 is 9.59 Å². The van der Waals surface area contributed by atoms with Crippen molar-refractivity contribution in [2.45, 2.75) is 32.1 Å². The zero-order chi connectivity index (χ0) is 15.8. The van der Waals surface area contributed by atoms with Crippen LogP contribution in [0.25, 0.3) is 0 Å². The Morgan fingerprint density at radius 3 is 2.77 bits per heavy atom. The zero-order valence-corrected chi connectivity index (χ0v) is 13.2. The molecule has 1 fully saturated rings. The van der Waals surface area contributed by atoms with Gasteiger partial charge in [-0.1, -0.05) is 11.6 Å². The molecule has 22 heavy (non-hydrogen) atoms. The van der Waals surface area contributed by atoms with Crippen LogP contribution in [0.15, 0.2) is 16.6 Å². The summed E-state index contributed by atoms with van der Waals surface area (Å²) in [6.07, 6.45) is 8.40. The van der Waals surface area contributed by atoms with Gasteiger partial charge in [-0.15, -0.1) is 0 Å². The van der Waals surface area contributed by atoms with Crippen molar-refractivity contribution in [1.82, 2.24) is 20.9 Å². The molecule has 1 aliphatic carbocycles. The molecule has 0 aromatic carbocycles. The van der Waals surface area contributed by atoms with Crippen molar-refractivity contribution in [1.29, 1.82) is 0 Å². The Morgan fingerprint density at radius 1 is 1.32 bits per heavy atom. The molecule has 0 unspecified atom stereocenters. The Balaban J connectivity index is 1.63. The molecule has 0 aromatic heterocycles. The Labute approximate surface area is 131 Å². The van der Waals surface area contributed by atoms with E-state index in [9.17, 15) is 9.59 Å². The highest BCUT2D eigenvalue weighted by molar-refractivity contribution is 6.01. The normalized spacial score (nSPS) is 19.0. The van der Waals surface area contributed by atoms with Crippen LogP contribution >= 0.6 is 0 Å². The number of guanidine groups is 1. The second-order valence-corrected chi connectivity index (χ2v) is 5.49. The smallest absolute Gasteiger partial charge is 0.324 e. The summed E-state index contributed by atoms with van der Waals surface area (Å²) in [7, 11) is 1.71. The van der Waals surface area contributed by atoms with Crippen LogP contribution in [0.5, 0.6) is 0 Å². The van der Waals surface area contributed by atoms with Crippen LogP contribution in [-0.4, -0.2) is 56.0 Å². The predicted octanol–water partition coefficient (Wildman–Crippen LogP) is 0.594. The van der Waals surface area contributed by atoms with Crippen LogP contribution in [0.2, 0.25) is 0 Å². The average Bonchev–Trinajstić information content (AvgIpc) is 2.86. The molecular formula is C15H25N5O2. The number of nitrogens with one attached hydrogen (secondary N) is 3. The third kappa shape index (κ3) is 4.75. The molecule has 0 saturated carbocycles. The van der Waals surface area contributed by atoms with Gasteiger partial charge in [0.05, 0.1) is 6.54 Å². The average molecular weight is 307 g/mol. The van der Waals surface area contributed by atoms with Gasteiger partial charge in [0, 0.05) is 26.7 Å². The second kappa shape index (κ2) is 8.41. The quantitative estimate of drug-likeness (QED) is 0.290. The minimum Gasteiger partial charge on any atom is -0.356 e. The molecule has 0 bridgehead atoms. The van der Waals surface area contributed by atoms with Crippen LogP contribution in [0.3, 0.4) is 0 Å². The summed E-state index contributed by atoms with van der Waals surface area (Å²) in [4.78, 5) is 28.2. The minimum atomic E-state index is -0.320. The molecule has 2 aliphatic rings. The van der Waals surface area contributed by atoms with Gasteiger partial charge in [0.1, 0.15) is 0 Å². The van der Waals surface area contributed by atoms with Crippen molar-refractivity contribution in [2.24, 2.45) is 4.99 Å². The third-order valence-electron chi connectivity index (χ3n) is 3.91. The fraction of sp³-hybridized carbons (Fsp3) is 0.667. The van der Waals surface area contributed by atoms with Crippen LogP contribution < -0.4 is 16.0 Å². The van der Waals surface area contributed by atoms with Gasteiger partial charge >= 0.3 is 6.03 Å². The molecule has 122 valence electrons. The van der Waals surface area contributed by atoms with Gasteiger partial charge in [0.25, 0.3) is 0 Å². The largest absolute Gasteiger partial charge is 0.356 e. The Hall–Kier alpha value is -2.05. The van der Waals surface area contributed by atoms with Crippen molar-refractivity contribution in [3.63, 3.8) is 0 Å². The van der Waals surface area contributed by atoms with E-state index in [0.29, 0.717) is 19.0 Å². The number of hydrogen-bond acceptors (Lipinski definition) is 3. The van der Waals surface area contributed by atoms with Crippen molar-refractivity contribution in [3.8, 4) is 0 Å². The molecule has 1 saturated heterocycles. The summed E-state index contributed by atoms with van der Waals surface area (Å²) in [5, 5.41) is 8.88. The van der Waals surface area contributed by atoms with Gasteiger partial charge in [0.2, 0.25) is 5.91 Å². The maximum Gasteiger partial charge on any atom is 0.324 e. The predicted molar refractivity (Wildman–Crippen MR) is 85.6 cm³/mol. The van der Waals surface area contributed by atoms with Gasteiger partial charge in [-0.25, -0.2) is 4.79 Å². The summed E-state index contributed by atoms with van der Waals surface area (Å²) in [5.74, 6) is 0.516. The van der Waals surface area contributed by atoms with Crippen molar-refractivity contribution in [2.75, 3.05) is 33.2 Å². The summed E-state index contributed by atoms with van der Waals surface area (Å²) in [6, 6.07) is -0.320. The molecule has 2 rings (SSSR count). The number of nitrogens with zero attached hydrogens (tertiary/aromatic N) is 2. The number of carbonyl (C=O) groups excluding carboxylic acids is 2. The van der Waals surface area contributed by atoms with E-state index in [1.165, 1.54) is 36.2 Å². The third-order valence-corrected chi connectivity index (χ3v) is 3.91. The van der Waals surface area contributed by atoms with E-state index >= 15 is 0 Å². The van der Waals surface area contributed by atoms with E-state index in [1.54, 1.807) is 7.05 Å². The van der Waals surface area contributed by atoms with E-state index in [4.69, 9.17) is 0 Å². The molecule has 1 aliphatic heterocycles. The lowest BCUT2D eigenvalue weighted by molar-refractivity contribution is -0.124. The summed E-state index contributed by atoms with van der Waals surface area (Å²) < 4.78 is 0. The molecule has 3 amide bonds. The highest BCUT2D eigenvalue weighted by Gasteiger charge is 2.27. The van der Waals surface area contributed by atoms with Gasteiger partial charge < -0.3 is 16.0 Å². The van der Waals surface area contributed by atoms with Crippen molar-refractivity contribution >= 4 is 17.9 Å². The molecule has 0 radical (unpaired) electrons. The Bertz CT molecular complexity index is 457. The van der Waals surface area contributed by atoms with Crippen LogP contribution in [-0.2, 0) is 4.79 Å². The first-order valence-corrected chi connectivity index (χ1v) is 7.91. The fourth-order valence-electron chi connectivity index (χ4n) is 2.66. The number of carbonyl (C=O) groups is 2. The Kier molecular flexibility index (Phi) is 6.24. The van der Waals surface area contributed by atoms with Crippen LogP contribution in [0.4, 0.5) is 4.79 Å². The minimum absolute atomic E-state index is 0.0981. The molecule has 0 aromatic rings. The highest BCUT2D eigenvalue weighted by atomic mass is 16.2. The first kappa shape index (κ1) is 16.3. The van der Waals surface area contributed by atoms with Gasteiger partial charge in [0.15, 0.2) is 5.96 Å². The SMILES string of the molecule is CN=C(NCCC1=CCCCC1)NCCN1C(=O)CNC1=O. The Morgan fingerprint density at radius 2 is 2.14 bits per heavy atom. The zero-order valence-electron chi connectivity index (χ0n) is 13.2. The number of amides is 3. The summed E-state index contributed by atoms with van der Waals surface area (Å²) in [6.45, 7) is 1.77. The fourth-order valence-corrected chi connectivity index (χ4v) is 2.66. The van der Waals surface area contributed by atoms with Gasteiger partial charge in [-0.3, -0.25) is 14.7 Å². The summed E-state index contributed by atoms with van der Waals surface area (Å²) in [5.41, 5.74) is 1.52. The lowest BCUT2D eigenvalue weighted by Crippen LogP contribution is -2.43. The number of aliphatic imine (C=N–C) groups is 1. The van der Waals surface area contributed by atoms with Gasteiger partial charge in [-0.2, -0.15) is 0 Å². The summed E-state index contributed by atoms with van der Waals surface area (Å²) >= 11 is 0. The van der Waals surface area contributed by atoms with Gasteiger partial charge in [-0.05, 0) is 32.1 Å². The molecule has 1 heterocycles. The number of urea groups is 1. The number of hydrogen-bond donors (Lipinski definition) is 3. The molecule has 7 nitrogen and oxygen atoms in total. The standard InChI is InChI=1S/C15H25N5O2/c1-16-14(17-8-7-12-5-3-2-4-6-12)18-9-10-20-13(21)11-19-15(20)22/h5H,2-4,6-11H2,1H3,(H,19,22)(H2,16,17,18). The maximum absolute atomic E-state index is 11.4. The van der Waals surface area contributed by atoms with Crippen molar-refractivity contribution in [3.05, 3.63) is 11.6 Å². The number of imide groups is 1. The maximum atomic E-state index is 11.4. The van der Waals surface area contributed by atoms with E-state index in [1.807, 2.05) is 0 Å². The molecule has 0 spiro atoms. The number of rotatable bonds is 6. The van der Waals surface area contributed by atoms with E-state index in [0.717, 1.165) is 13.0 Å². The topological polar surface area (TPSA) is 85.8 Å². The highest BCUT2D eigenvalue weighted by Crippen LogP contribution is 2.19. The number of allylic oxidation sites excluding steroid dienone is 1. The van der Waals surface area contributed by atoms with E-state index < -0.39 is 0 Å². The first-order chi connectivity index (χ1) is 10.7. The lowest BCUT2D eigenvalue weighted by Gasteiger charge is -2.16. The van der Waals surface area contributed by atoms with Crippen LogP contribution in [0.1, 0.15) is 32.1 Å². The molecule has 3 N–H and O–H groups in total. The molecular weight excluding hydrogens is 282 g/mol. The monoisotopic (exact) mass is 307 g/mol. The molecule has 0 atom stereocenters.